The van der Waals surface area contributed by atoms with Crippen molar-refractivity contribution in [3.05, 3.63) is 17.8 Å². The Morgan fingerprint density at radius 3 is 2.50 bits per heavy atom. The molecule has 0 bridgehead atoms. The van der Waals surface area contributed by atoms with Crippen LogP contribution in [0, 0.1) is 6.92 Å². The third kappa shape index (κ3) is 3.26. The molecule has 1 aromatic rings. The highest BCUT2D eigenvalue weighted by atomic mass is 16.2. The minimum atomic E-state index is -0.314. The van der Waals surface area contributed by atoms with Crippen molar-refractivity contribution in [1.29, 1.82) is 0 Å². The number of nitrogens with zero attached hydrogens (tertiary/aromatic N) is 3. The van der Waals surface area contributed by atoms with Crippen LogP contribution in [0.15, 0.2) is 12.1 Å². The predicted octanol–water partition coefficient (Wildman–Crippen LogP) is 1.95. The number of pyridine rings is 1. The zero-order valence-electron chi connectivity index (χ0n) is 13.2. The Morgan fingerprint density at radius 2 is 1.91 bits per heavy atom. The Labute approximate surface area is 131 Å². The molecule has 0 aromatic carbocycles. The Kier molecular flexibility index (Phi) is 4.36. The number of nitrogens with two attached hydrogens (primary N) is 1. The first-order valence-corrected chi connectivity index (χ1v) is 8.17. The number of piperidine rings is 1. The molecule has 6 nitrogen and oxygen atoms in total. The van der Waals surface area contributed by atoms with Crippen LogP contribution < -0.4 is 16.0 Å². The lowest BCUT2D eigenvalue weighted by atomic mass is 10.0. The maximum Gasteiger partial charge on any atom is 0.314 e. The molecule has 3 N–H and O–H groups in total. The third-order valence-corrected chi connectivity index (χ3v) is 4.67. The average Bonchev–Trinajstić information content (AvgIpc) is 3.04. The number of carbonyl (C=O) groups excluding carboxylic acids is 1. The second-order valence-electron chi connectivity index (χ2n) is 6.24. The molecule has 1 aromatic heterocycles. The van der Waals surface area contributed by atoms with Crippen molar-refractivity contribution in [3.8, 4) is 0 Å². The fourth-order valence-corrected chi connectivity index (χ4v) is 3.29. The molecule has 6 heteroatoms. The van der Waals surface area contributed by atoms with E-state index in [4.69, 9.17) is 10.7 Å². The van der Waals surface area contributed by atoms with Crippen molar-refractivity contribution in [3.63, 3.8) is 0 Å². The maximum absolute atomic E-state index is 11.1. The van der Waals surface area contributed by atoms with E-state index in [1.54, 1.807) is 4.90 Å². The van der Waals surface area contributed by atoms with Gasteiger partial charge in [0.1, 0.15) is 5.82 Å². The molecule has 0 unspecified atom stereocenters. The molecular formula is C16H25N5O. The summed E-state index contributed by atoms with van der Waals surface area (Å²) in [6, 6.07) is 4.32. The number of likely N-dealkylation sites (tertiary alicyclic amines) is 1. The number of hydrogen-bond acceptors (Lipinski definition) is 4. The molecule has 2 fully saturated rings. The summed E-state index contributed by atoms with van der Waals surface area (Å²) < 4.78 is 0. The van der Waals surface area contributed by atoms with Gasteiger partial charge in [-0.05, 0) is 44.7 Å². The van der Waals surface area contributed by atoms with Crippen LogP contribution >= 0.6 is 0 Å². The van der Waals surface area contributed by atoms with Gasteiger partial charge in [-0.3, -0.25) is 0 Å². The van der Waals surface area contributed by atoms with Gasteiger partial charge < -0.3 is 20.9 Å². The number of rotatable bonds is 3. The van der Waals surface area contributed by atoms with Gasteiger partial charge in [0.2, 0.25) is 0 Å². The van der Waals surface area contributed by atoms with Gasteiger partial charge in [-0.2, -0.15) is 0 Å². The summed E-state index contributed by atoms with van der Waals surface area (Å²) in [5, 5.41) is 3.57. The van der Waals surface area contributed by atoms with Crippen LogP contribution in [0.1, 0.15) is 31.4 Å². The van der Waals surface area contributed by atoms with Gasteiger partial charge in [-0.15, -0.1) is 0 Å². The fourth-order valence-electron chi connectivity index (χ4n) is 3.29. The summed E-state index contributed by atoms with van der Waals surface area (Å²) in [5.41, 5.74) is 7.46. The molecule has 3 rings (SSSR count). The molecule has 0 saturated carbocycles. The number of primary amides is 1. The number of hydrogen-bond donors (Lipinski definition) is 2. The Balaban J connectivity index is 1.60. The minimum Gasteiger partial charge on any atom is -0.381 e. The predicted molar refractivity (Wildman–Crippen MR) is 88.2 cm³/mol. The normalized spacial score (nSPS) is 19.5. The molecule has 0 radical (unpaired) electrons. The quantitative estimate of drug-likeness (QED) is 0.895. The first kappa shape index (κ1) is 14.9. The number of nitrogens with one attached hydrogen (secondary N) is 1. The fraction of sp³-hybridized carbons (Fsp3) is 0.625. The first-order valence-electron chi connectivity index (χ1n) is 8.17. The van der Waals surface area contributed by atoms with E-state index < -0.39 is 0 Å². The van der Waals surface area contributed by atoms with Crippen LogP contribution in [0.4, 0.5) is 16.3 Å². The summed E-state index contributed by atoms with van der Waals surface area (Å²) >= 11 is 0. The Bertz CT molecular complexity index is 533. The second-order valence-corrected chi connectivity index (χ2v) is 6.24. The van der Waals surface area contributed by atoms with E-state index in [1.165, 1.54) is 12.8 Å². The molecular weight excluding hydrogens is 278 g/mol. The zero-order valence-corrected chi connectivity index (χ0v) is 13.2. The molecule has 3 heterocycles. The van der Waals surface area contributed by atoms with Gasteiger partial charge >= 0.3 is 6.03 Å². The van der Waals surface area contributed by atoms with Gasteiger partial charge in [-0.1, -0.05) is 0 Å². The Morgan fingerprint density at radius 1 is 1.23 bits per heavy atom. The third-order valence-electron chi connectivity index (χ3n) is 4.67. The molecule has 0 spiro atoms. The highest BCUT2D eigenvalue weighted by Crippen LogP contribution is 2.24. The number of urea groups is 1. The van der Waals surface area contributed by atoms with Crippen molar-refractivity contribution in [1.82, 2.24) is 9.88 Å². The van der Waals surface area contributed by atoms with E-state index in [0.717, 1.165) is 56.2 Å². The van der Waals surface area contributed by atoms with E-state index in [0.29, 0.717) is 6.04 Å². The first-order chi connectivity index (χ1) is 10.6. The SMILES string of the molecule is Cc1nc(N2CCCC2)ccc1NC1CCN(C(N)=O)CC1. The van der Waals surface area contributed by atoms with Crippen LogP contribution in [-0.2, 0) is 0 Å². The summed E-state index contributed by atoms with van der Waals surface area (Å²) in [5.74, 6) is 1.09. The van der Waals surface area contributed by atoms with Gasteiger partial charge in [0.15, 0.2) is 0 Å². The van der Waals surface area contributed by atoms with E-state index in [-0.39, 0.29) is 6.03 Å². The molecule has 2 saturated heterocycles. The number of aryl methyl sites for hydroxylation is 1. The molecule has 0 atom stereocenters. The van der Waals surface area contributed by atoms with Crippen molar-refractivity contribution in [2.75, 3.05) is 36.4 Å². The van der Waals surface area contributed by atoms with Gasteiger partial charge in [0, 0.05) is 32.2 Å². The maximum atomic E-state index is 11.1. The van der Waals surface area contributed by atoms with E-state index in [2.05, 4.69) is 29.3 Å². The van der Waals surface area contributed by atoms with E-state index >= 15 is 0 Å². The molecule has 120 valence electrons. The van der Waals surface area contributed by atoms with Crippen LogP contribution in [0.5, 0.6) is 0 Å². The van der Waals surface area contributed by atoms with Crippen molar-refractivity contribution < 1.29 is 4.79 Å². The molecule has 22 heavy (non-hydrogen) atoms. The van der Waals surface area contributed by atoms with Crippen LogP contribution in [0.3, 0.4) is 0 Å². The van der Waals surface area contributed by atoms with Crippen LogP contribution in [0.2, 0.25) is 0 Å². The molecule has 2 amide bonds. The molecule has 2 aliphatic heterocycles. The van der Waals surface area contributed by atoms with E-state index in [1.807, 2.05) is 0 Å². The van der Waals surface area contributed by atoms with Crippen molar-refractivity contribution in [2.45, 2.75) is 38.6 Å². The largest absolute Gasteiger partial charge is 0.381 e. The molecule has 2 aliphatic rings. The van der Waals surface area contributed by atoms with Crippen LogP contribution in [0.25, 0.3) is 0 Å². The zero-order chi connectivity index (χ0) is 15.5. The number of amides is 2. The highest BCUT2D eigenvalue weighted by Gasteiger charge is 2.22. The monoisotopic (exact) mass is 303 g/mol. The van der Waals surface area contributed by atoms with Crippen molar-refractivity contribution >= 4 is 17.5 Å². The Hall–Kier alpha value is -1.98. The summed E-state index contributed by atoms with van der Waals surface area (Å²) in [4.78, 5) is 20.0. The van der Waals surface area contributed by atoms with Gasteiger partial charge in [0.05, 0.1) is 11.4 Å². The summed E-state index contributed by atoms with van der Waals surface area (Å²) in [6.45, 7) is 5.74. The minimum absolute atomic E-state index is 0.314. The van der Waals surface area contributed by atoms with Crippen LogP contribution in [-0.4, -0.2) is 48.1 Å². The second kappa shape index (κ2) is 6.42. The molecule has 0 aliphatic carbocycles. The smallest absolute Gasteiger partial charge is 0.314 e. The van der Waals surface area contributed by atoms with Gasteiger partial charge in [0.25, 0.3) is 0 Å². The summed E-state index contributed by atoms with van der Waals surface area (Å²) in [6.07, 6.45) is 4.38. The summed E-state index contributed by atoms with van der Waals surface area (Å²) in [7, 11) is 0. The average molecular weight is 303 g/mol. The van der Waals surface area contributed by atoms with E-state index in [9.17, 15) is 4.79 Å². The van der Waals surface area contributed by atoms with Gasteiger partial charge in [-0.25, -0.2) is 9.78 Å². The van der Waals surface area contributed by atoms with Crippen molar-refractivity contribution in [2.24, 2.45) is 5.73 Å². The standard InChI is InChI=1S/C16H25N5O/c1-12-14(4-5-15(18-12)20-8-2-3-9-20)19-13-6-10-21(11-7-13)16(17)22/h4-5,13,19H,2-3,6-11H2,1H3,(H2,17,22). The number of carbonyl (C=O) groups is 1. The lowest BCUT2D eigenvalue weighted by Crippen LogP contribution is -2.44. The number of anilines is 2. The lowest BCUT2D eigenvalue weighted by molar-refractivity contribution is 0.193. The highest BCUT2D eigenvalue weighted by molar-refractivity contribution is 5.72. The number of aromatic nitrogens is 1. The lowest BCUT2D eigenvalue weighted by Gasteiger charge is -2.32. The topological polar surface area (TPSA) is 74.5 Å².